The topological polar surface area (TPSA) is 20.2 Å². The Bertz CT molecular complexity index is 148. The van der Waals surface area contributed by atoms with Gasteiger partial charge in [-0.05, 0) is 12.8 Å². The molecule has 1 radical (unpaired) electrons. The minimum absolute atomic E-state index is 0.0185. The average Bonchev–Trinajstić information content (AvgIpc) is 2.30. The zero-order chi connectivity index (χ0) is 12.9. The third kappa shape index (κ3) is 14.1. The van der Waals surface area contributed by atoms with Crippen LogP contribution in [-0.2, 0) is 0 Å². The second-order valence-corrected chi connectivity index (χ2v) is 8.58. The highest BCUT2D eigenvalue weighted by molar-refractivity contribution is 6.55. The van der Waals surface area contributed by atoms with Gasteiger partial charge in [0, 0.05) is 8.80 Å². The van der Waals surface area contributed by atoms with Gasteiger partial charge in [-0.1, -0.05) is 77.4 Å². The van der Waals surface area contributed by atoms with Crippen molar-refractivity contribution in [3.8, 4) is 0 Å². The molecule has 1 nitrogen and oxygen atoms in total. The molecule has 1 N–H and O–H groups in total. The van der Waals surface area contributed by atoms with Crippen LogP contribution in [0.5, 0.6) is 0 Å². The molecular formula is C15H33OSi. The van der Waals surface area contributed by atoms with Crippen LogP contribution in [0.25, 0.3) is 0 Å². The van der Waals surface area contributed by atoms with Gasteiger partial charge in [0.05, 0.1) is 6.10 Å². The minimum Gasteiger partial charge on any atom is -0.393 e. The monoisotopic (exact) mass is 257 g/mol. The molecule has 0 spiro atoms. The Kier molecular flexibility index (Phi) is 12.8. The first-order chi connectivity index (χ1) is 8.16. The second kappa shape index (κ2) is 12.6. The number of hydrogen-bond donors (Lipinski definition) is 1. The molecule has 0 amide bonds. The highest BCUT2D eigenvalue weighted by atomic mass is 28.3. The van der Waals surface area contributed by atoms with Crippen LogP contribution >= 0.6 is 0 Å². The van der Waals surface area contributed by atoms with Crippen LogP contribution in [0.3, 0.4) is 0 Å². The smallest absolute Gasteiger partial charge is 0.0537 e. The van der Waals surface area contributed by atoms with E-state index in [0.29, 0.717) is 0 Å². The molecule has 0 aliphatic carbocycles. The third-order valence-electron chi connectivity index (χ3n) is 3.37. The van der Waals surface area contributed by atoms with E-state index in [0.717, 1.165) is 12.8 Å². The molecule has 0 bridgehead atoms. The van der Waals surface area contributed by atoms with E-state index >= 15 is 0 Å². The summed E-state index contributed by atoms with van der Waals surface area (Å²) < 4.78 is 0. The Hall–Kier alpha value is 0.177. The van der Waals surface area contributed by atoms with Crippen molar-refractivity contribution in [2.24, 2.45) is 0 Å². The van der Waals surface area contributed by atoms with E-state index in [-0.39, 0.29) is 14.9 Å². The molecule has 0 rings (SSSR count). The van der Waals surface area contributed by atoms with E-state index < -0.39 is 0 Å². The van der Waals surface area contributed by atoms with Crippen molar-refractivity contribution in [3.05, 3.63) is 0 Å². The molecule has 0 heterocycles. The normalized spacial score (nSPS) is 13.2. The first kappa shape index (κ1) is 17.2. The van der Waals surface area contributed by atoms with Crippen LogP contribution < -0.4 is 0 Å². The Balaban J connectivity index is 3.11. The highest BCUT2D eigenvalue weighted by Crippen LogP contribution is 2.13. The molecule has 17 heavy (non-hydrogen) atoms. The average molecular weight is 258 g/mol. The predicted octanol–water partition coefficient (Wildman–Crippen LogP) is 5.02. The maximum absolute atomic E-state index is 9.79. The van der Waals surface area contributed by atoms with E-state index in [2.05, 4.69) is 20.0 Å². The molecule has 0 aromatic rings. The number of aliphatic hydroxyl groups is 1. The van der Waals surface area contributed by atoms with Crippen molar-refractivity contribution in [1.29, 1.82) is 0 Å². The summed E-state index contributed by atoms with van der Waals surface area (Å²) >= 11 is 0. The SMILES string of the molecule is CCCCCCCCCCC(O)CC[Si](C)C. The molecular weight excluding hydrogens is 224 g/mol. The van der Waals surface area contributed by atoms with Crippen LogP contribution in [0.15, 0.2) is 0 Å². The Morgan fingerprint density at radius 3 is 1.88 bits per heavy atom. The number of hydrogen-bond acceptors (Lipinski definition) is 1. The van der Waals surface area contributed by atoms with Crippen LogP contribution in [-0.4, -0.2) is 20.0 Å². The maximum atomic E-state index is 9.79. The summed E-state index contributed by atoms with van der Waals surface area (Å²) in [6.45, 7) is 6.92. The van der Waals surface area contributed by atoms with E-state index in [1.165, 1.54) is 57.4 Å². The Morgan fingerprint density at radius 1 is 0.824 bits per heavy atom. The fourth-order valence-electron chi connectivity index (χ4n) is 2.11. The highest BCUT2D eigenvalue weighted by Gasteiger charge is 2.05. The zero-order valence-corrected chi connectivity index (χ0v) is 13.3. The van der Waals surface area contributed by atoms with Crippen LogP contribution in [0, 0.1) is 0 Å². The number of aliphatic hydroxyl groups excluding tert-OH is 1. The standard InChI is InChI=1S/C15H33OSi/c1-4-5-6-7-8-9-10-11-12-15(16)13-14-17(2)3/h15-16H,4-14H2,1-3H3. The molecule has 2 heteroatoms. The summed E-state index contributed by atoms with van der Waals surface area (Å²) in [5.41, 5.74) is 0. The van der Waals surface area contributed by atoms with Gasteiger partial charge in [-0.3, -0.25) is 0 Å². The molecule has 0 aliphatic heterocycles. The fraction of sp³-hybridized carbons (Fsp3) is 1.00. The molecule has 0 aromatic carbocycles. The van der Waals surface area contributed by atoms with Gasteiger partial charge >= 0.3 is 0 Å². The van der Waals surface area contributed by atoms with E-state index in [1.807, 2.05) is 0 Å². The van der Waals surface area contributed by atoms with Crippen molar-refractivity contribution < 1.29 is 5.11 Å². The summed E-state index contributed by atoms with van der Waals surface area (Å²) in [6.07, 6.45) is 12.9. The second-order valence-electron chi connectivity index (χ2n) is 5.66. The first-order valence-electron chi connectivity index (χ1n) is 7.64. The van der Waals surface area contributed by atoms with Crippen molar-refractivity contribution in [2.45, 2.75) is 96.4 Å². The molecule has 0 fully saturated rings. The Labute approximate surface area is 111 Å². The molecule has 0 saturated carbocycles. The van der Waals surface area contributed by atoms with Gasteiger partial charge in [0.15, 0.2) is 0 Å². The quantitative estimate of drug-likeness (QED) is 0.384. The molecule has 0 aromatic heterocycles. The summed E-state index contributed by atoms with van der Waals surface area (Å²) in [5.74, 6) is 0. The van der Waals surface area contributed by atoms with Gasteiger partial charge in [0.2, 0.25) is 0 Å². The van der Waals surface area contributed by atoms with Gasteiger partial charge in [-0.15, -0.1) is 0 Å². The van der Waals surface area contributed by atoms with Gasteiger partial charge < -0.3 is 5.11 Å². The number of unbranched alkanes of at least 4 members (excludes halogenated alkanes) is 7. The van der Waals surface area contributed by atoms with Crippen LogP contribution in [0.4, 0.5) is 0 Å². The predicted molar refractivity (Wildman–Crippen MR) is 80.1 cm³/mol. The van der Waals surface area contributed by atoms with Crippen LogP contribution in [0.2, 0.25) is 19.1 Å². The number of rotatable bonds is 12. The third-order valence-corrected chi connectivity index (χ3v) is 4.66. The molecule has 1 atom stereocenters. The van der Waals surface area contributed by atoms with E-state index in [9.17, 15) is 5.11 Å². The summed E-state index contributed by atoms with van der Waals surface area (Å²) in [5, 5.41) is 9.79. The summed E-state index contributed by atoms with van der Waals surface area (Å²) in [4.78, 5) is 0. The minimum atomic E-state index is -0.137. The van der Waals surface area contributed by atoms with E-state index in [4.69, 9.17) is 0 Å². The van der Waals surface area contributed by atoms with Crippen molar-refractivity contribution in [2.75, 3.05) is 0 Å². The summed E-state index contributed by atoms with van der Waals surface area (Å²) in [7, 11) is -0.137. The van der Waals surface area contributed by atoms with Gasteiger partial charge in [-0.25, -0.2) is 0 Å². The lowest BCUT2D eigenvalue weighted by atomic mass is 10.0. The lowest BCUT2D eigenvalue weighted by Crippen LogP contribution is -2.10. The lowest BCUT2D eigenvalue weighted by Gasteiger charge is -2.11. The van der Waals surface area contributed by atoms with Crippen molar-refractivity contribution in [3.63, 3.8) is 0 Å². The molecule has 1 unspecified atom stereocenters. The van der Waals surface area contributed by atoms with Crippen molar-refractivity contribution in [1.82, 2.24) is 0 Å². The fourth-order valence-corrected chi connectivity index (χ4v) is 3.02. The largest absolute Gasteiger partial charge is 0.393 e. The molecule has 0 saturated heterocycles. The molecule has 0 aliphatic rings. The van der Waals surface area contributed by atoms with E-state index in [1.54, 1.807) is 0 Å². The van der Waals surface area contributed by atoms with Crippen LogP contribution in [0.1, 0.15) is 71.1 Å². The van der Waals surface area contributed by atoms with Gasteiger partial charge in [-0.2, -0.15) is 0 Å². The lowest BCUT2D eigenvalue weighted by molar-refractivity contribution is 0.156. The maximum Gasteiger partial charge on any atom is 0.0537 e. The summed E-state index contributed by atoms with van der Waals surface area (Å²) in [6, 6.07) is 1.27. The van der Waals surface area contributed by atoms with Crippen molar-refractivity contribution >= 4 is 8.80 Å². The van der Waals surface area contributed by atoms with Gasteiger partial charge in [0.25, 0.3) is 0 Å². The zero-order valence-electron chi connectivity index (χ0n) is 12.3. The first-order valence-corrected chi connectivity index (χ1v) is 10.3. The molecule has 103 valence electrons. The van der Waals surface area contributed by atoms with Gasteiger partial charge in [0.1, 0.15) is 0 Å². The Morgan fingerprint density at radius 2 is 1.35 bits per heavy atom.